The third kappa shape index (κ3) is 5.73. The number of aromatic hydroxyl groups is 2. The lowest BCUT2D eigenvalue weighted by Gasteiger charge is -2.26. The average Bonchev–Trinajstić information content (AvgIpc) is 3.69. The van der Waals surface area contributed by atoms with Gasteiger partial charge in [0.05, 0.1) is 29.7 Å². The second kappa shape index (κ2) is 11.9. The van der Waals surface area contributed by atoms with Crippen molar-refractivity contribution in [3.05, 3.63) is 84.2 Å². The Morgan fingerprint density at radius 3 is 2.31 bits per heavy atom. The van der Waals surface area contributed by atoms with Gasteiger partial charge in [-0.1, -0.05) is 18.2 Å². The van der Waals surface area contributed by atoms with Crippen LogP contribution in [-0.4, -0.2) is 62.9 Å². The summed E-state index contributed by atoms with van der Waals surface area (Å²) >= 11 is 0. The topological polar surface area (TPSA) is 102 Å². The molecule has 1 atom stereocenters. The van der Waals surface area contributed by atoms with Crippen molar-refractivity contribution in [3.8, 4) is 22.6 Å². The van der Waals surface area contributed by atoms with Crippen LogP contribution in [0.4, 0.5) is 30.2 Å². The van der Waals surface area contributed by atoms with Gasteiger partial charge in [-0.2, -0.15) is 18.3 Å². The molecule has 3 heterocycles. The van der Waals surface area contributed by atoms with E-state index in [0.717, 1.165) is 42.7 Å². The van der Waals surface area contributed by atoms with Gasteiger partial charge < -0.3 is 20.0 Å². The minimum absolute atomic E-state index is 0.0408. The molecule has 2 aliphatic rings. The van der Waals surface area contributed by atoms with Gasteiger partial charge in [0.2, 0.25) is 11.8 Å². The monoisotopic (exact) mass is 619 g/mol. The van der Waals surface area contributed by atoms with Crippen molar-refractivity contribution in [2.45, 2.75) is 38.4 Å². The second-order valence-corrected chi connectivity index (χ2v) is 11.2. The average molecular weight is 620 g/mol. The SMILES string of the molecule is CCN1C(=O)C(c2cc(-c3cnn(CCN4CCCC4)c3)c(O)cc2O)C(=O)N(c2ccccc2)c2cc(C(F)(F)F)ccc21. The lowest BCUT2D eigenvalue weighted by atomic mass is 9.91. The summed E-state index contributed by atoms with van der Waals surface area (Å²) in [6.07, 6.45) is 0.930. The van der Waals surface area contributed by atoms with Crippen molar-refractivity contribution in [3.63, 3.8) is 0 Å². The maximum absolute atomic E-state index is 14.4. The molecule has 234 valence electrons. The van der Waals surface area contributed by atoms with Crippen molar-refractivity contribution in [2.75, 3.05) is 36.0 Å². The minimum atomic E-state index is -4.70. The number of benzene rings is 3. The Bertz CT molecular complexity index is 1730. The molecule has 1 unspecified atom stereocenters. The Morgan fingerprint density at radius 1 is 0.889 bits per heavy atom. The number of nitrogens with zero attached hydrogens (tertiary/aromatic N) is 5. The number of aromatic nitrogens is 2. The number of fused-ring (bicyclic) bond motifs is 1. The smallest absolute Gasteiger partial charge is 0.416 e. The van der Waals surface area contributed by atoms with Gasteiger partial charge in [0, 0.05) is 47.7 Å². The van der Waals surface area contributed by atoms with E-state index in [2.05, 4.69) is 10.00 Å². The van der Waals surface area contributed by atoms with Gasteiger partial charge in [0.15, 0.2) is 0 Å². The van der Waals surface area contributed by atoms with E-state index >= 15 is 0 Å². The fourth-order valence-corrected chi connectivity index (χ4v) is 6.10. The molecule has 45 heavy (non-hydrogen) atoms. The largest absolute Gasteiger partial charge is 0.507 e. The van der Waals surface area contributed by atoms with E-state index in [1.54, 1.807) is 54.3 Å². The number of halogens is 3. The fourth-order valence-electron chi connectivity index (χ4n) is 6.10. The number of para-hydroxylation sites is 1. The lowest BCUT2D eigenvalue weighted by Crippen LogP contribution is -2.39. The Balaban J connectivity index is 1.45. The van der Waals surface area contributed by atoms with E-state index in [0.29, 0.717) is 12.1 Å². The molecule has 3 aromatic carbocycles. The normalized spacial score (nSPS) is 17.6. The predicted octanol–water partition coefficient (Wildman–Crippen LogP) is 5.89. The first kappa shape index (κ1) is 30.2. The number of likely N-dealkylation sites (tertiary alicyclic amines) is 1. The van der Waals surface area contributed by atoms with Gasteiger partial charge in [-0.25, -0.2) is 0 Å². The molecule has 0 bridgehead atoms. The number of likely N-dealkylation sites (N-methyl/N-ethyl adjacent to an activating group) is 1. The molecule has 0 radical (unpaired) electrons. The summed E-state index contributed by atoms with van der Waals surface area (Å²) in [7, 11) is 0. The summed E-state index contributed by atoms with van der Waals surface area (Å²) in [6, 6.07) is 13.4. The van der Waals surface area contributed by atoms with Crippen LogP contribution >= 0.6 is 0 Å². The van der Waals surface area contributed by atoms with E-state index in [1.165, 1.54) is 29.9 Å². The van der Waals surface area contributed by atoms with Crippen LogP contribution in [0.3, 0.4) is 0 Å². The minimum Gasteiger partial charge on any atom is -0.507 e. The van der Waals surface area contributed by atoms with Crippen LogP contribution in [0, 0.1) is 0 Å². The molecule has 12 heteroatoms. The predicted molar refractivity (Wildman–Crippen MR) is 162 cm³/mol. The standard InChI is InChI=1S/C33H32F3N5O4/c1-2-40-26-11-10-22(33(34,35)36)16-27(26)41(23-8-4-3-5-9-23)32(45)30(31(40)44)25-17-24(28(42)18-29(25)43)21-19-37-39(20-21)15-14-38-12-6-7-13-38/h3-5,8-11,16-20,30,42-43H,2,6-7,12-15H2,1H3. The summed E-state index contributed by atoms with van der Waals surface area (Å²) in [5, 5.41) is 26.3. The Kier molecular flexibility index (Phi) is 8.00. The highest BCUT2D eigenvalue weighted by molar-refractivity contribution is 6.23. The van der Waals surface area contributed by atoms with Gasteiger partial charge in [0.1, 0.15) is 17.4 Å². The van der Waals surface area contributed by atoms with Crippen molar-refractivity contribution < 1.29 is 33.0 Å². The van der Waals surface area contributed by atoms with Crippen LogP contribution in [0.25, 0.3) is 11.1 Å². The number of hydrogen-bond acceptors (Lipinski definition) is 6. The van der Waals surface area contributed by atoms with Gasteiger partial charge in [0.25, 0.3) is 0 Å². The summed E-state index contributed by atoms with van der Waals surface area (Å²) in [4.78, 5) is 33.3. The first-order valence-electron chi connectivity index (χ1n) is 14.8. The number of hydrogen-bond donors (Lipinski definition) is 2. The van der Waals surface area contributed by atoms with Crippen LogP contribution in [0.15, 0.2) is 73.1 Å². The molecule has 1 saturated heterocycles. The maximum atomic E-state index is 14.4. The fraction of sp³-hybridized carbons (Fsp3) is 0.303. The second-order valence-electron chi connectivity index (χ2n) is 11.2. The summed E-state index contributed by atoms with van der Waals surface area (Å²) in [5.74, 6) is -4.01. The molecule has 9 nitrogen and oxygen atoms in total. The van der Waals surface area contributed by atoms with Gasteiger partial charge >= 0.3 is 6.18 Å². The third-order valence-corrected chi connectivity index (χ3v) is 8.39. The molecule has 2 aliphatic heterocycles. The highest BCUT2D eigenvalue weighted by Crippen LogP contribution is 2.46. The van der Waals surface area contributed by atoms with Crippen LogP contribution in [-0.2, 0) is 22.3 Å². The Hall–Kier alpha value is -4.84. The van der Waals surface area contributed by atoms with Gasteiger partial charge in [-0.15, -0.1) is 0 Å². The van der Waals surface area contributed by atoms with Crippen molar-refractivity contribution in [1.82, 2.24) is 14.7 Å². The van der Waals surface area contributed by atoms with Crippen molar-refractivity contribution in [1.29, 1.82) is 0 Å². The summed E-state index contributed by atoms with van der Waals surface area (Å²) < 4.78 is 43.3. The lowest BCUT2D eigenvalue weighted by molar-refractivity contribution is -0.137. The third-order valence-electron chi connectivity index (χ3n) is 8.39. The molecule has 1 fully saturated rings. The zero-order chi connectivity index (χ0) is 31.9. The number of phenols is 2. The first-order chi connectivity index (χ1) is 21.6. The highest BCUT2D eigenvalue weighted by Gasteiger charge is 2.44. The van der Waals surface area contributed by atoms with E-state index in [1.807, 2.05) is 0 Å². The molecule has 6 rings (SSSR count). The number of anilines is 3. The molecule has 2 amide bonds. The van der Waals surface area contributed by atoms with Crippen LogP contribution in [0.1, 0.15) is 36.8 Å². The molecule has 0 aliphatic carbocycles. The maximum Gasteiger partial charge on any atom is 0.416 e. The van der Waals surface area contributed by atoms with E-state index < -0.39 is 35.2 Å². The van der Waals surface area contributed by atoms with Gasteiger partial charge in [-0.3, -0.25) is 19.2 Å². The highest BCUT2D eigenvalue weighted by atomic mass is 19.4. The quantitative estimate of drug-likeness (QED) is 0.250. The summed E-state index contributed by atoms with van der Waals surface area (Å²) in [6.45, 7) is 5.21. The van der Waals surface area contributed by atoms with Crippen molar-refractivity contribution in [2.24, 2.45) is 0 Å². The number of carbonyl (C=O) groups excluding carboxylic acids is 2. The Labute approximate surface area is 257 Å². The number of amides is 2. The van der Waals surface area contributed by atoms with Crippen LogP contribution < -0.4 is 9.80 Å². The molecule has 0 saturated carbocycles. The Morgan fingerprint density at radius 2 is 1.62 bits per heavy atom. The molecular formula is C33H32F3N5O4. The van der Waals surface area contributed by atoms with Crippen molar-refractivity contribution >= 4 is 28.9 Å². The first-order valence-corrected chi connectivity index (χ1v) is 14.8. The summed E-state index contributed by atoms with van der Waals surface area (Å²) in [5.41, 5.74) is -0.0688. The molecule has 2 N–H and O–H groups in total. The van der Waals surface area contributed by atoms with E-state index in [9.17, 15) is 33.0 Å². The molecule has 1 aromatic heterocycles. The van der Waals surface area contributed by atoms with E-state index in [4.69, 9.17) is 0 Å². The number of alkyl halides is 3. The van der Waals surface area contributed by atoms with Crippen LogP contribution in [0.2, 0.25) is 0 Å². The van der Waals surface area contributed by atoms with E-state index in [-0.39, 0.29) is 40.5 Å². The number of rotatable bonds is 7. The molecule has 0 spiro atoms. The molecule has 4 aromatic rings. The van der Waals surface area contributed by atoms with Crippen LogP contribution in [0.5, 0.6) is 11.5 Å². The van der Waals surface area contributed by atoms with Gasteiger partial charge in [-0.05, 0) is 69.3 Å². The molecular weight excluding hydrogens is 587 g/mol. The zero-order valence-corrected chi connectivity index (χ0v) is 24.5. The zero-order valence-electron chi connectivity index (χ0n) is 24.5. The number of carbonyl (C=O) groups is 2. The number of phenolic OH excluding ortho intramolecular Hbond substituents is 2.